The summed E-state index contributed by atoms with van der Waals surface area (Å²) in [6, 6.07) is 1.86. The number of hydrogen-bond acceptors (Lipinski definition) is 4. The number of aryl methyl sites for hydroxylation is 2. The van der Waals surface area contributed by atoms with E-state index in [4.69, 9.17) is 0 Å². The lowest BCUT2D eigenvalue weighted by molar-refractivity contribution is -0.136. The monoisotopic (exact) mass is 333 g/mol. The van der Waals surface area contributed by atoms with Crippen molar-refractivity contribution in [1.82, 2.24) is 19.6 Å². The van der Waals surface area contributed by atoms with Crippen LogP contribution in [0.25, 0.3) is 0 Å². The standard InChI is InChI=1S/C17H27N5O2/c1-13-11-15(20(2)19-13)18-16(23)12-21-9-5-14(6-10-21)17(24)22-7-3-4-8-22/h11,14H,3-10,12H2,1-2H3,(H,18,23). The smallest absolute Gasteiger partial charge is 0.239 e. The number of likely N-dealkylation sites (tertiary alicyclic amines) is 2. The maximum atomic E-state index is 12.4. The molecule has 0 aliphatic carbocycles. The average molecular weight is 333 g/mol. The Balaban J connectivity index is 1.44. The van der Waals surface area contributed by atoms with Gasteiger partial charge in [0.15, 0.2) is 0 Å². The number of hydrogen-bond donors (Lipinski definition) is 1. The maximum Gasteiger partial charge on any atom is 0.239 e. The van der Waals surface area contributed by atoms with E-state index in [1.54, 1.807) is 4.68 Å². The minimum absolute atomic E-state index is 0.0256. The Kier molecular flexibility index (Phi) is 5.18. The topological polar surface area (TPSA) is 70.5 Å². The minimum atomic E-state index is -0.0256. The Morgan fingerprint density at radius 1 is 1.21 bits per heavy atom. The lowest BCUT2D eigenvalue weighted by atomic mass is 9.95. The fourth-order valence-corrected chi connectivity index (χ4v) is 3.65. The van der Waals surface area contributed by atoms with Gasteiger partial charge in [0.2, 0.25) is 11.8 Å². The summed E-state index contributed by atoms with van der Waals surface area (Å²) in [5, 5.41) is 7.13. The number of piperidine rings is 1. The van der Waals surface area contributed by atoms with Gasteiger partial charge in [-0.1, -0.05) is 0 Å². The highest BCUT2D eigenvalue weighted by Crippen LogP contribution is 2.22. The first-order valence-electron chi connectivity index (χ1n) is 8.84. The molecule has 0 spiro atoms. The molecule has 3 heterocycles. The summed E-state index contributed by atoms with van der Waals surface area (Å²) in [7, 11) is 1.82. The third-order valence-electron chi connectivity index (χ3n) is 4.99. The lowest BCUT2D eigenvalue weighted by Gasteiger charge is -2.32. The lowest BCUT2D eigenvalue weighted by Crippen LogP contribution is -2.44. The van der Waals surface area contributed by atoms with Gasteiger partial charge in [0, 0.05) is 32.1 Å². The van der Waals surface area contributed by atoms with E-state index in [-0.39, 0.29) is 11.8 Å². The third kappa shape index (κ3) is 3.95. The third-order valence-corrected chi connectivity index (χ3v) is 4.99. The Hall–Kier alpha value is -1.89. The molecule has 2 amide bonds. The minimum Gasteiger partial charge on any atom is -0.342 e. The van der Waals surface area contributed by atoms with Gasteiger partial charge in [0.05, 0.1) is 12.2 Å². The fourth-order valence-electron chi connectivity index (χ4n) is 3.65. The SMILES string of the molecule is Cc1cc(NC(=O)CN2CCC(C(=O)N3CCCC3)CC2)n(C)n1. The van der Waals surface area contributed by atoms with Crippen LogP contribution in [0.4, 0.5) is 5.82 Å². The number of nitrogens with zero attached hydrogens (tertiary/aromatic N) is 4. The largest absolute Gasteiger partial charge is 0.342 e. The first-order valence-corrected chi connectivity index (χ1v) is 8.84. The Bertz CT molecular complexity index is 598. The summed E-state index contributed by atoms with van der Waals surface area (Å²) in [5.74, 6) is 1.16. The summed E-state index contributed by atoms with van der Waals surface area (Å²) < 4.78 is 1.67. The molecule has 0 radical (unpaired) electrons. The second-order valence-electron chi connectivity index (χ2n) is 6.93. The molecule has 0 aromatic carbocycles. The molecule has 0 unspecified atom stereocenters. The van der Waals surface area contributed by atoms with Crippen LogP contribution in [-0.2, 0) is 16.6 Å². The number of anilines is 1. The first-order chi connectivity index (χ1) is 11.5. The second kappa shape index (κ2) is 7.34. The summed E-state index contributed by atoms with van der Waals surface area (Å²) in [4.78, 5) is 28.8. The van der Waals surface area contributed by atoms with Crippen LogP contribution >= 0.6 is 0 Å². The van der Waals surface area contributed by atoms with E-state index >= 15 is 0 Å². The number of carbonyl (C=O) groups is 2. The summed E-state index contributed by atoms with van der Waals surface area (Å²) in [6.45, 7) is 5.73. The van der Waals surface area contributed by atoms with Gasteiger partial charge in [-0.2, -0.15) is 5.10 Å². The molecule has 0 atom stereocenters. The van der Waals surface area contributed by atoms with Crippen LogP contribution in [0.15, 0.2) is 6.07 Å². The van der Waals surface area contributed by atoms with E-state index in [0.29, 0.717) is 12.5 Å². The molecule has 7 nitrogen and oxygen atoms in total. The van der Waals surface area contributed by atoms with Crippen molar-refractivity contribution in [2.24, 2.45) is 13.0 Å². The molecule has 7 heteroatoms. The van der Waals surface area contributed by atoms with Gasteiger partial charge in [0.1, 0.15) is 5.82 Å². The van der Waals surface area contributed by atoms with Gasteiger partial charge in [0.25, 0.3) is 0 Å². The number of rotatable bonds is 4. The quantitative estimate of drug-likeness (QED) is 0.892. The van der Waals surface area contributed by atoms with E-state index in [9.17, 15) is 9.59 Å². The first kappa shape index (κ1) is 17.0. The van der Waals surface area contributed by atoms with Crippen molar-refractivity contribution >= 4 is 17.6 Å². The van der Waals surface area contributed by atoms with Crippen molar-refractivity contribution in [3.05, 3.63) is 11.8 Å². The zero-order valence-electron chi connectivity index (χ0n) is 14.6. The Morgan fingerprint density at radius 2 is 1.88 bits per heavy atom. The van der Waals surface area contributed by atoms with Gasteiger partial charge < -0.3 is 10.2 Å². The van der Waals surface area contributed by atoms with Crippen LogP contribution in [0.5, 0.6) is 0 Å². The molecule has 132 valence electrons. The molecule has 1 aromatic rings. The van der Waals surface area contributed by atoms with Gasteiger partial charge >= 0.3 is 0 Å². The van der Waals surface area contributed by atoms with E-state index in [2.05, 4.69) is 15.3 Å². The van der Waals surface area contributed by atoms with Gasteiger partial charge in [-0.15, -0.1) is 0 Å². The zero-order chi connectivity index (χ0) is 17.1. The Morgan fingerprint density at radius 3 is 2.46 bits per heavy atom. The molecular formula is C17H27N5O2. The predicted molar refractivity (Wildman–Crippen MR) is 91.6 cm³/mol. The molecule has 2 aliphatic heterocycles. The van der Waals surface area contributed by atoms with Crippen molar-refractivity contribution in [3.8, 4) is 0 Å². The highest BCUT2D eigenvalue weighted by atomic mass is 16.2. The summed E-state index contributed by atoms with van der Waals surface area (Å²) in [6.07, 6.45) is 3.98. The molecule has 3 rings (SSSR count). The van der Waals surface area contributed by atoms with E-state index in [1.807, 2.05) is 24.9 Å². The summed E-state index contributed by atoms with van der Waals surface area (Å²) in [5.41, 5.74) is 0.883. The summed E-state index contributed by atoms with van der Waals surface area (Å²) >= 11 is 0. The fraction of sp³-hybridized carbons (Fsp3) is 0.706. The van der Waals surface area contributed by atoms with Crippen LogP contribution in [0, 0.1) is 12.8 Å². The number of carbonyl (C=O) groups excluding carboxylic acids is 2. The second-order valence-corrected chi connectivity index (χ2v) is 6.93. The van der Waals surface area contributed by atoms with Gasteiger partial charge in [-0.25, -0.2) is 0 Å². The normalized spacial score (nSPS) is 19.7. The average Bonchev–Trinajstić information content (AvgIpc) is 3.18. The van der Waals surface area contributed by atoms with Crippen LogP contribution in [0.2, 0.25) is 0 Å². The van der Waals surface area contributed by atoms with Crippen molar-refractivity contribution in [1.29, 1.82) is 0 Å². The van der Waals surface area contributed by atoms with Crippen LogP contribution in [-0.4, -0.2) is 64.1 Å². The number of amides is 2. The predicted octanol–water partition coefficient (Wildman–Crippen LogP) is 1.00. The van der Waals surface area contributed by atoms with E-state index < -0.39 is 0 Å². The van der Waals surface area contributed by atoms with Crippen LogP contribution in [0.1, 0.15) is 31.4 Å². The van der Waals surface area contributed by atoms with Crippen molar-refractivity contribution in [2.75, 3.05) is 38.0 Å². The highest BCUT2D eigenvalue weighted by molar-refractivity contribution is 5.91. The molecular weight excluding hydrogens is 306 g/mol. The molecule has 0 saturated carbocycles. The van der Waals surface area contributed by atoms with Crippen molar-refractivity contribution in [2.45, 2.75) is 32.6 Å². The number of aromatic nitrogens is 2. The molecule has 24 heavy (non-hydrogen) atoms. The molecule has 2 fully saturated rings. The number of nitrogens with one attached hydrogen (secondary N) is 1. The van der Waals surface area contributed by atoms with Crippen molar-refractivity contribution in [3.63, 3.8) is 0 Å². The van der Waals surface area contributed by atoms with Crippen molar-refractivity contribution < 1.29 is 9.59 Å². The van der Waals surface area contributed by atoms with E-state index in [1.165, 1.54) is 0 Å². The van der Waals surface area contributed by atoms with E-state index in [0.717, 1.165) is 63.4 Å². The molecule has 1 N–H and O–H groups in total. The van der Waals surface area contributed by atoms with Crippen LogP contribution in [0.3, 0.4) is 0 Å². The zero-order valence-corrected chi connectivity index (χ0v) is 14.6. The molecule has 0 bridgehead atoms. The van der Waals surface area contributed by atoms with Gasteiger partial charge in [-0.3, -0.25) is 19.2 Å². The molecule has 1 aromatic heterocycles. The maximum absolute atomic E-state index is 12.4. The molecule has 2 saturated heterocycles. The highest BCUT2D eigenvalue weighted by Gasteiger charge is 2.30. The molecule has 2 aliphatic rings. The Labute approximate surface area is 143 Å². The van der Waals surface area contributed by atoms with Gasteiger partial charge in [-0.05, 0) is 45.7 Å². The van der Waals surface area contributed by atoms with Crippen LogP contribution < -0.4 is 5.32 Å².